The van der Waals surface area contributed by atoms with Crippen LogP contribution in [0.1, 0.15) is 11.1 Å². The Morgan fingerprint density at radius 2 is 1.83 bits per heavy atom. The number of methoxy groups -OCH3 is 1. The van der Waals surface area contributed by atoms with Crippen molar-refractivity contribution >= 4 is 29.5 Å². The molecule has 0 saturated carbocycles. The molecule has 0 bridgehead atoms. The van der Waals surface area contributed by atoms with Crippen LogP contribution in [0.2, 0.25) is 0 Å². The van der Waals surface area contributed by atoms with E-state index in [-0.39, 0.29) is 18.2 Å². The molecule has 0 aromatic heterocycles. The molecule has 0 unspecified atom stereocenters. The number of nitrogens with one attached hydrogen (secondary N) is 1. The van der Waals surface area contributed by atoms with Crippen LogP contribution < -0.4 is 10.1 Å². The Balaban J connectivity index is 1.78. The lowest BCUT2D eigenvalue weighted by atomic mass is 10.2. The van der Waals surface area contributed by atoms with Crippen molar-refractivity contribution in [1.29, 1.82) is 0 Å². The second-order valence-corrected chi connectivity index (χ2v) is 6.50. The van der Waals surface area contributed by atoms with E-state index >= 15 is 0 Å². The van der Waals surface area contributed by atoms with Crippen molar-refractivity contribution in [2.45, 2.75) is 6.92 Å². The van der Waals surface area contributed by atoms with Crippen LogP contribution in [0, 0.1) is 12.7 Å². The van der Waals surface area contributed by atoms with Crippen molar-refractivity contribution in [3.8, 4) is 5.75 Å². The number of aryl methyl sites for hydroxylation is 1. The average molecular weight is 414 g/mol. The van der Waals surface area contributed by atoms with Gasteiger partial charge in [-0.1, -0.05) is 23.8 Å². The molecule has 2 aromatic carbocycles. The number of carbonyl (C=O) groups is 3. The molecule has 158 valence electrons. The molecule has 7 nitrogen and oxygen atoms in total. The van der Waals surface area contributed by atoms with Gasteiger partial charge < -0.3 is 19.7 Å². The Labute approximate surface area is 174 Å². The van der Waals surface area contributed by atoms with Gasteiger partial charge in [-0.15, -0.1) is 0 Å². The predicted octanol–water partition coefficient (Wildman–Crippen LogP) is 2.80. The average Bonchev–Trinajstić information content (AvgIpc) is 2.72. The summed E-state index contributed by atoms with van der Waals surface area (Å²) < 4.78 is 23.3. The molecule has 2 amide bonds. The lowest BCUT2D eigenvalue weighted by Gasteiger charge is -2.16. The summed E-state index contributed by atoms with van der Waals surface area (Å²) in [7, 11) is 2.78. The maximum atomic E-state index is 13.6. The highest BCUT2D eigenvalue weighted by Crippen LogP contribution is 2.18. The van der Waals surface area contributed by atoms with Crippen LogP contribution in [0.15, 0.2) is 48.5 Å². The molecule has 1 N–H and O–H groups in total. The van der Waals surface area contributed by atoms with Crippen LogP contribution in [0.5, 0.6) is 5.75 Å². The van der Waals surface area contributed by atoms with Gasteiger partial charge in [-0.25, -0.2) is 9.18 Å². The van der Waals surface area contributed by atoms with Crippen LogP contribution in [0.25, 0.3) is 6.08 Å². The van der Waals surface area contributed by atoms with E-state index in [0.717, 1.165) is 16.5 Å². The first kappa shape index (κ1) is 22.6. The molecule has 0 radical (unpaired) electrons. The van der Waals surface area contributed by atoms with Gasteiger partial charge >= 0.3 is 5.97 Å². The second-order valence-electron chi connectivity index (χ2n) is 6.50. The topological polar surface area (TPSA) is 84.9 Å². The summed E-state index contributed by atoms with van der Waals surface area (Å²) in [5.74, 6) is -2.14. The molecule has 2 rings (SSSR count). The molecule has 8 heteroatoms. The van der Waals surface area contributed by atoms with Gasteiger partial charge in [0.1, 0.15) is 0 Å². The van der Waals surface area contributed by atoms with Crippen LogP contribution in [-0.2, 0) is 19.1 Å². The van der Waals surface area contributed by atoms with Crippen molar-refractivity contribution in [2.24, 2.45) is 0 Å². The fourth-order valence-corrected chi connectivity index (χ4v) is 2.38. The van der Waals surface area contributed by atoms with Gasteiger partial charge in [0.2, 0.25) is 5.91 Å². The van der Waals surface area contributed by atoms with E-state index in [9.17, 15) is 18.8 Å². The van der Waals surface area contributed by atoms with Crippen LogP contribution in [0.4, 0.5) is 10.1 Å². The molecule has 0 aliphatic carbocycles. The summed E-state index contributed by atoms with van der Waals surface area (Å²) in [6, 6.07) is 11.4. The monoisotopic (exact) mass is 414 g/mol. The number of esters is 1. The maximum absolute atomic E-state index is 13.6. The van der Waals surface area contributed by atoms with E-state index in [2.05, 4.69) is 5.32 Å². The molecule has 0 fully saturated rings. The van der Waals surface area contributed by atoms with E-state index < -0.39 is 24.3 Å². The molecular weight excluding hydrogens is 391 g/mol. The Kier molecular flexibility index (Phi) is 8.10. The van der Waals surface area contributed by atoms with Crippen LogP contribution in [-0.4, -0.2) is 50.0 Å². The van der Waals surface area contributed by atoms with E-state index in [1.165, 1.54) is 32.4 Å². The third-order valence-corrected chi connectivity index (χ3v) is 4.07. The maximum Gasteiger partial charge on any atom is 0.331 e. The largest absolute Gasteiger partial charge is 0.494 e. The van der Waals surface area contributed by atoms with Gasteiger partial charge in [0.05, 0.1) is 13.7 Å². The van der Waals surface area contributed by atoms with Crippen molar-refractivity contribution in [1.82, 2.24) is 4.90 Å². The summed E-state index contributed by atoms with van der Waals surface area (Å²) in [6.45, 7) is 1.23. The lowest BCUT2D eigenvalue weighted by Crippen LogP contribution is -2.37. The Morgan fingerprint density at radius 3 is 2.47 bits per heavy atom. The first-order valence-corrected chi connectivity index (χ1v) is 9.07. The van der Waals surface area contributed by atoms with Crippen molar-refractivity contribution in [3.63, 3.8) is 0 Å². The smallest absolute Gasteiger partial charge is 0.331 e. The fourth-order valence-electron chi connectivity index (χ4n) is 2.38. The van der Waals surface area contributed by atoms with Gasteiger partial charge in [0.25, 0.3) is 5.91 Å². The number of benzene rings is 2. The minimum atomic E-state index is -0.767. The van der Waals surface area contributed by atoms with Crippen molar-refractivity contribution in [3.05, 3.63) is 65.5 Å². The van der Waals surface area contributed by atoms with E-state index in [1.54, 1.807) is 18.2 Å². The predicted molar refractivity (Wildman–Crippen MR) is 110 cm³/mol. The molecule has 30 heavy (non-hydrogen) atoms. The number of carbonyl (C=O) groups excluding carboxylic acids is 3. The highest BCUT2D eigenvalue weighted by atomic mass is 19.1. The minimum absolute atomic E-state index is 0.0924. The summed E-state index contributed by atoms with van der Waals surface area (Å²) in [5.41, 5.74) is 2.12. The van der Waals surface area contributed by atoms with Crippen molar-refractivity contribution < 1.29 is 28.2 Å². The molecule has 0 aliphatic rings. The summed E-state index contributed by atoms with van der Waals surface area (Å²) >= 11 is 0. The summed E-state index contributed by atoms with van der Waals surface area (Å²) in [6.07, 6.45) is 2.44. The second kappa shape index (κ2) is 10.8. The zero-order valence-electron chi connectivity index (χ0n) is 17.0. The zero-order chi connectivity index (χ0) is 22.1. The third kappa shape index (κ3) is 7.05. The van der Waals surface area contributed by atoms with E-state index in [4.69, 9.17) is 9.47 Å². The number of nitrogens with zero attached hydrogens (tertiary/aromatic N) is 1. The standard InChI is InChI=1S/C22H23FN2O5/c1-15-4-8-17(9-5-15)24-20(26)13-25(2)21(27)14-30-22(28)11-7-16-6-10-19(29-3)18(23)12-16/h4-12H,13-14H2,1-3H3,(H,24,26)/b11-7+. The molecule has 0 saturated heterocycles. The molecular formula is C22H23FN2O5. The first-order valence-electron chi connectivity index (χ1n) is 9.07. The lowest BCUT2D eigenvalue weighted by molar-refractivity contribution is -0.148. The number of anilines is 1. The molecule has 0 heterocycles. The minimum Gasteiger partial charge on any atom is -0.494 e. The zero-order valence-corrected chi connectivity index (χ0v) is 17.0. The Bertz CT molecular complexity index is 941. The van der Waals surface area contributed by atoms with Crippen molar-refractivity contribution in [2.75, 3.05) is 32.6 Å². The van der Waals surface area contributed by atoms with Crippen LogP contribution >= 0.6 is 0 Å². The number of amides is 2. The van der Waals surface area contributed by atoms with E-state index in [0.29, 0.717) is 11.3 Å². The molecule has 2 aromatic rings. The third-order valence-electron chi connectivity index (χ3n) is 4.07. The van der Waals surface area contributed by atoms with E-state index in [1.807, 2.05) is 19.1 Å². The molecule has 0 aliphatic heterocycles. The SMILES string of the molecule is COc1ccc(/C=C/C(=O)OCC(=O)N(C)CC(=O)Nc2ccc(C)cc2)cc1F. The summed E-state index contributed by atoms with van der Waals surface area (Å²) in [4.78, 5) is 37.0. The van der Waals surface area contributed by atoms with Gasteiger partial charge in [-0.2, -0.15) is 0 Å². The number of ether oxygens (including phenoxy) is 2. The normalized spacial score (nSPS) is 10.5. The molecule has 0 atom stereocenters. The van der Waals surface area contributed by atoms with Gasteiger partial charge in [-0.05, 0) is 42.8 Å². The number of likely N-dealkylation sites (N-methyl/N-ethyl adjacent to an activating group) is 1. The quantitative estimate of drug-likeness (QED) is 0.530. The summed E-state index contributed by atoms with van der Waals surface area (Å²) in [5, 5.41) is 2.68. The highest BCUT2D eigenvalue weighted by molar-refractivity contribution is 5.95. The highest BCUT2D eigenvalue weighted by Gasteiger charge is 2.14. The number of rotatable bonds is 8. The van der Waals surface area contributed by atoms with Gasteiger partial charge in [0, 0.05) is 18.8 Å². The fraction of sp³-hybridized carbons (Fsp3) is 0.227. The molecule has 0 spiro atoms. The number of hydrogen-bond donors (Lipinski definition) is 1. The van der Waals surface area contributed by atoms with Gasteiger partial charge in [0.15, 0.2) is 18.2 Å². The van der Waals surface area contributed by atoms with Gasteiger partial charge in [-0.3, -0.25) is 9.59 Å². The number of hydrogen-bond acceptors (Lipinski definition) is 5. The Morgan fingerprint density at radius 1 is 1.13 bits per heavy atom. The number of halogens is 1. The first-order chi connectivity index (χ1) is 14.3. The Hall–Kier alpha value is -3.68. The van der Waals surface area contributed by atoms with Crippen LogP contribution in [0.3, 0.4) is 0 Å².